The summed E-state index contributed by atoms with van der Waals surface area (Å²) in [4.78, 5) is 22.0. The zero-order valence-corrected chi connectivity index (χ0v) is 13.2. The Bertz CT molecular complexity index is 512. The molecule has 1 N–H and O–H groups in total. The van der Waals surface area contributed by atoms with Crippen molar-refractivity contribution in [3.05, 3.63) is 32.8 Å². The second kappa shape index (κ2) is 6.69. The Labute approximate surface area is 125 Å². The number of carbonyl (C=O) groups excluding carboxylic acids is 1. The first-order chi connectivity index (χ1) is 9.20. The van der Waals surface area contributed by atoms with Gasteiger partial charge in [0.1, 0.15) is 11.3 Å². The molecule has 0 spiro atoms. The topological polar surface area (TPSA) is 81.5 Å². The Morgan fingerprint density at radius 2 is 2.10 bits per heavy atom. The van der Waals surface area contributed by atoms with Gasteiger partial charge in [0.2, 0.25) is 0 Å². The van der Waals surface area contributed by atoms with E-state index in [-0.39, 0.29) is 24.6 Å². The molecule has 0 saturated carbocycles. The average molecular weight is 345 g/mol. The maximum absolute atomic E-state index is 11.5. The van der Waals surface area contributed by atoms with E-state index in [1.165, 1.54) is 0 Å². The van der Waals surface area contributed by atoms with Gasteiger partial charge in [0.25, 0.3) is 0 Å². The Morgan fingerprint density at radius 3 is 2.65 bits per heavy atom. The number of hydrogen-bond donors (Lipinski definition) is 1. The Morgan fingerprint density at radius 1 is 1.45 bits per heavy atom. The molecule has 0 radical (unpaired) electrons. The molecule has 7 heteroatoms. The van der Waals surface area contributed by atoms with Gasteiger partial charge in [-0.05, 0) is 48.8 Å². The van der Waals surface area contributed by atoms with Crippen LogP contribution in [0.3, 0.4) is 0 Å². The van der Waals surface area contributed by atoms with Crippen LogP contribution in [0.5, 0.6) is 0 Å². The molecule has 0 aliphatic heterocycles. The van der Waals surface area contributed by atoms with E-state index < -0.39 is 10.5 Å². The molecule has 1 rings (SSSR count). The lowest BCUT2D eigenvalue weighted by Crippen LogP contribution is -2.25. The molecule has 0 aliphatic carbocycles. The van der Waals surface area contributed by atoms with Crippen LogP contribution >= 0.6 is 15.9 Å². The quantitative estimate of drug-likeness (QED) is 0.502. The molecule has 6 nitrogen and oxygen atoms in total. The van der Waals surface area contributed by atoms with Crippen molar-refractivity contribution in [2.24, 2.45) is 0 Å². The second-order valence-electron chi connectivity index (χ2n) is 5.16. The van der Waals surface area contributed by atoms with Gasteiger partial charge in [0.15, 0.2) is 0 Å². The maximum atomic E-state index is 11.5. The van der Waals surface area contributed by atoms with Crippen LogP contribution in [0.25, 0.3) is 0 Å². The molecule has 20 heavy (non-hydrogen) atoms. The van der Waals surface area contributed by atoms with Crippen molar-refractivity contribution in [1.82, 2.24) is 0 Å². The molecule has 0 saturated heterocycles. The van der Waals surface area contributed by atoms with E-state index in [2.05, 4.69) is 21.2 Å². The van der Waals surface area contributed by atoms with Crippen LogP contribution in [0.4, 0.5) is 11.4 Å². The molecule has 0 bridgehead atoms. The van der Waals surface area contributed by atoms with Gasteiger partial charge < -0.3 is 10.1 Å². The van der Waals surface area contributed by atoms with Gasteiger partial charge in [-0.25, -0.2) is 0 Å². The number of benzene rings is 1. The van der Waals surface area contributed by atoms with Crippen LogP contribution in [-0.4, -0.2) is 23.0 Å². The van der Waals surface area contributed by atoms with Crippen molar-refractivity contribution < 1.29 is 14.5 Å². The Kier molecular flexibility index (Phi) is 5.50. The minimum Gasteiger partial charge on any atom is -0.460 e. The smallest absolute Gasteiger partial charge is 0.308 e. The van der Waals surface area contributed by atoms with Crippen molar-refractivity contribution in [2.45, 2.75) is 32.8 Å². The first-order valence-electron chi connectivity index (χ1n) is 6.09. The summed E-state index contributed by atoms with van der Waals surface area (Å²) in [5, 5.41) is 13.9. The third kappa shape index (κ3) is 5.16. The first kappa shape index (κ1) is 16.4. The number of para-hydroxylation sites is 1. The lowest BCUT2D eigenvalue weighted by Gasteiger charge is -2.19. The zero-order valence-electron chi connectivity index (χ0n) is 11.6. The Hall–Kier alpha value is -1.63. The number of ether oxygens (including phenoxy) is 1. The average Bonchev–Trinajstić information content (AvgIpc) is 2.25. The first-order valence-corrected chi connectivity index (χ1v) is 6.88. The molecule has 0 aromatic heterocycles. The summed E-state index contributed by atoms with van der Waals surface area (Å²) in [5.41, 5.74) is -0.205. The number of carbonyl (C=O) groups is 1. The summed E-state index contributed by atoms with van der Waals surface area (Å²) in [6.45, 7) is 5.64. The van der Waals surface area contributed by atoms with Crippen LogP contribution < -0.4 is 5.32 Å². The van der Waals surface area contributed by atoms with Crippen molar-refractivity contribution in [3.8, 4) is 0 Å². The van der Waals surface area contributed by atoms with E-state index in [0.717, 1.165) is 0 Å². The van der Waals surface area contributed by atoms with Gasteiger partial charge in [-0.2, -0.15) is 0 Å². The van der Waals surface area contributed by atoms with Crippen molar-refractivity contribution in [3.63, 3.8) is 0 Å². The highest BCUT2D eigenvalue weighted by atomic mass is 79.9. The summed E-state index contributed by atoms with van der Waals surface area (Å²) in [6, 6.07) is 4.88. The van der Waals surface area contributed by atoms with E-state index in [1.54, 1.807) is 39.0 Å². The lowest BCUT2D eigenvalue weighted by atomic mass is 10.2. The van der Waals surface area contributed by atoms with E-state index >= 15 is 0 Å². The molecule has 1 aromatic carbocycles. The minimum atomic E-state index is -0.529. The van der Waals surface area contributed by atoms with Gasteiger partial charge in [-0.15, -0.1) is 0 Å². The van der Waals surface area contributed by atoms with E-state index in [4.69, 9.17) is 4.74 Å². The molecule has 0 unspecified atom stereocenters. The summed E-state index contributed by atoms with van der Waals surface area (Å²) in [5.74, 6) is -0.345. The molecule has 0 atom stereocenters. The lowest BCUT2D eigenvalue weighted by molar-refractivity contribution is -0.384. The predicted molar refractivity (Wildman–Crippen MR) is 79.7 cm³/mol. The van der Waals surface area contributed by atoms with Gasteiger partial charge in [-0.3, -0.25) is 14.9 Å². The summed E-state index contributed by atoms with van der Waals surface area (Å²) < 4.78 is 5.55. The molecule has 110 valence electrons. The number of halogens is 1. The highest BCUT2D eigenvalue weighted by Crippen LogP contribution is 2.32. The van der Waals surface area contributed by atoms with Crippen LogP contribution in [0, 0.1) is 10.1 Å². The number of hydrogen-bond acceptors (Lipinski definition) is 5. The highest BCUT2D eigenvalue weighted by Gasteiger charge is 2.19. The number of nitrogens with one attached hydrogen (secondary N) is 1. The van der Waals surface area contributed by atoms with Crippen molar-refractivity contribution in [1.29, 1.82) is 0 Å². The maximum Gasteiger partial charge on any atom is 0.308 e. The zero-order chi connectivity index (χ0) is 15.3. The van der Waals surface area contributed by atoms with E-state index in [1.807, 2.05) is 0 Å². The number of nitro groups is 1. The normalized spacial score (nSPS) is 11.0. The van der Waals surface area contributed by atoms with Crippen LogP contribution in [0.2, 0.25) is 0 Å². The van der Waals surface area contributed by atoms with Crippen molar-refractivity contribution >= 4 is 33.3 Å². The molecule has 0 fully saturated rings. The van der Waals surface area contributed by atoms with Gasteiger partial charge >= 0.3 is 11.7 Å². The largest absolute Gasteiger partial charge is 0.460 e. The highest BCUT2D eigenvalue weighted by molar-refractivity contribution is 9.10. The van der Waals surface area contributed by atoms with E-state index in [0.29, 0.717) is 10.2 Å². The number of anilines is 1. The summed E-state index contributed by atoms with van der Waals surface area (Å²) >= 11 is 3.14. The SMILES string of the molecule is CC(C)(C)OC(=O)CCNc1cccc(Br)c1[N+](=O)[O-]. The third-order valence-corrected chi connectivity index (χ3v) is 2.87. The summed E-state index contributed by atoms with van der Waals surface area (Å²) in [7, 11) is 0. The number of nitro benzene ring substituents is 1. The number of rotatable bonds is 5. The second-order valence-corrected chi connectivity index (χ2v) is 6.01. The number of esters is 1. The minimum absolute atomic E-state index is 0.0447. The van der Waals surface area contributed by atoms with Crippen LogP contribution in [-0.2, 0) is 9.53 Å². The fourth-order valence-corrected chi connectivity index (χ4v) is 2.05. The molecular formula is C13H17BrN2O4. The molecule has 0 amide bonds. The van der Waals surface area contributed by atoms with E-state index in [9.17, 15) is 14.9 Å². The van der Waals surface area contributed by atoms with Gasteiger partial charge in [-0.1, -0.05) is 6.07 Å². The molecule has 0 heterocycles. The predicted octanol–water partition coefficient (Wildman–Crippen LogP) is 3.50. The van der Waals surface area contributed by atoms with Crippen LogP contribution in [0.1, 0.15) is 27.2 Å². The number of nitrogens with zero attached hydrogens (tertiary/aromatic N) is 1. The van der Waals surface area contributed by atoms with Gasteiger partial charge in [0.05, 0.1) is 15.8 Å². The monoisotopic (exact) mass is 344 g/mol. The molecule has 0 aliphatic rings. The molecule has 1 aromatic rings. The molecular weight excluding hydrogens is 328 g/mol. The van der Waals surface area contributed by atoms with Crippen LogP contribution in [0.15, 0.2) is 22.7 Å². The van der Waals surface area contributed by atoms with Gasteiger partial charge in [0, 0.05) is 6.54 Å². The summed E-state index contributed by atoms with van der Waals surface area (Å²) in [6.07, 6.45) is 0.140. The fraction of sp³-hybridized carbons (Fsp3) is 0.462. The fourth-order valence-electron chi connectivity index (χ4n) is 1.54. The standard InChI is InChI=1S/C13H17BrN2O4/c1-13(2,3)20-11(17)7-8-15-10-6-4-5-9(14)12(10)16(18)19/h4-6,15H,7-8H2,1-3H3. The Balaban J connectivity index is 2.61. The van der Waals surface area contributed by atoms with Crippen molar-refractivity contribution in [2.75, 3.05) is 11.9 Å². The third-order valence-electron chi connectivity index (χ3n) is 2.23.